The molecule has 1 aromatic carbocycles. The van der Waals surface area contributed by atoms with E-state index in [0.717, 1.165) is 11.1 Å². The summed E-state index contributed by atoms with van der Waals surface area (Å²) in [6.07, 6.45) is 1.46. The first-order chi connectivity index (χ1) is 10.1. The van der Waals surface area contributed by atoms with E-state index in [0.29, 0.717) is 15.2 Å². The van der Waals surface area contributed by atoms with Crippen molar-refractivity contribution >= 4 is 33.2 Å². The molecule has 3 nitrogen and oxygen atoms in total. The third-order valence-corrected chi connectivity index (χ3v) is 4.06. The van der Waals surface area contributed by atoms with Crippen molar-refractivity contribution in [2.24, 2.45) is 0 Å². The predicted octanol–water partition coefficient (Wildman–Crippen LogP) is 4.02. The number of hydrogen-bond donors (Lipinski definition) is 0. The first-order valence-electron chi connectivity index (χ1n) is 6.12. The molecule has 21 heavy (non-hydrogen) atoms. The Hall–Kier alpha value is -1.98. The molecule has 3 rings (SSSR count). The molecule has 0 radical (unpaired) electrons. The minimum atomic E-state index is -0.313. The van der Waals surface area contributed by atoms with Crippen molar-refractivity contribution in [1.29, 1.82) is 0 Å². The largest absolute Gasteiger partial charge is 0.293 e. The monoisotopic (exact) mass is 320 g/mol. The van der Waals surface area contributed by atoms with Gasteiger partial charge < -0.3 is 0 Å². The Morgan fingerprint density at radius 1 is 1.38 bits per heavy atom. The Kier molecular flexibility index (Phi) is 3.61. The average Bonchev–Trinajstić information content (AvgIpc) is 2.87. The molecule has 0 aliphatic carbocycles. The topological polar surface area (TPSA) is 34.9 Å². The van der Waals surface area contributed by atoms with Gasteiger partial charge in [0.15, 0.2) is 0 Å². The fourth-order valence-electron chi connectivity index (χ4n) is 2.11. The number of thiophene rings is 1. The molecule has 2 aromatic heterocycles. The Morgan fingerprint density at radius 2 is 2.10 bits per heavy atom. The van der Waals surface area contributed by atoms with Crippen LogP contribution in [-0.4, -0.2) is 9.55 Å². The van der Waals surface area contributed by atoms with E-state index >= 15 is 0 Å². The van der Waals surface area contributed by atoms with Crippen LogP contribution in [0.2, 0.25) is 0 Å². The van der Waals surface area contributed by atoms with Crippen molar-refractivity contribution in [2.75, 3.05) is 0 Å². The predicted molar refractivity (Wildman–Crippen MR) is 84.3 cm³/mol. The normalized spacial score (nSPS) is 11.0. The van der Waals surface area contributed by atoms with Crippen LogP contribution in [0.25, 0.3) is 21.3 Å². The van der Waals surface area contributed by atoms with Crippen molar-refractivity contribution < 1.29 is 4.39 Å². The molecular weight excluding hydrogens is 311 g/mol. The molecule has 0 unspecified atom stereocenters. The van der Waals surface area contributed by atoms with Gasteiger partial charge >= 0.3 is 0 Å². The lowest BCUT2D eigenvalue weighted by atomic mass is 10.1. The van der Waals surface area contributed by atoms with Gasteiger partial charge in [-0.15, -0.1) is 11.3 Å². The van der Waals surface area contributed by atoms with Crippen LogP contribution in [0.4, 0.5) is 4.39 Å². The van der Waals surface area contributed by atoms with E-state index in [-0.39, 0.29) is 17.9 Å². The summed E-state index contributed by atoms with van der Waals surface area (Å²) >= 11 is 7.14. The zero-order valence-corrected chi connectivity index (χ0v) is 12.4. The molecule has 0 saturated heterocycles. The average molecular weight is 321 g/mol. The highest BCUT2D eigenvalue weighted by Crippen LogP contribution is 2.30. The molecule has 0 amide bonds. The fraction of sp³-hybridized carbons (Fsp3) is 0.0667. The lowest BCUT2D eigenvalue weighted by Crippen LogP contribution is -2.20. The minimum absolute atomic E-state index is 0.178. The van der Waals surface area contributed by atoms with E-state index in [2.05, 4.69) is 11.6 Å². The Bertz CT molecular complexity index is 883. The summed E-state index contributed by atoms with van der Waals surface area (Å²) in [5, 5.41) is 2.73. The zero-order valence-electron chi connectivity index (χ0n) is 10.8. The number of aromatic nitrogens is 2. The maximum atomic E-state index is 13.0. The number of allylic oxidation sites excluding steroid dienone is 1. The van der Waals surface area contributed by atoms with Gasteiger partial charge in [-0.1, -0.05) is 30.3 Å². The highest BCUT2D eigenvalue weighted by Gasteiger charge is 2.13. The van der Waals surface area contributed by atoms with Gasteiger partial charge in [-0.3, -0.25) is 9.36 Å². The minimum Gasteiger partial charge on any atom is -0.293 e. The molecule has 0 spiro atoms. The molecule has 0 aliphatic rings. The maximum absolute atomic E-state index is 13.0. The van der Waals surface area contributed by atoms with E-state index < -0.39 is 0 Å². The summed E-state index contributed by atoms with van der Waals surface area (Å²) in [7, 11) is 0. The lowest BCUT2D eigenvalue weighted by Gasteiger charge is -2.04. The maximum Gasteiger partial charge on any atom is 0.263 e. The first kappa shape index (κ1) is 14.0. The van der Waals surface area contributed by atoms with Crippen molar-refractivity contribution in [3.8, 4) is 11.1 Å². The molecule has 2 heterocycles. The second-order valence-electron chi connectivity index (χ2n) is 4.53. The Labute approximate surface area is 128 Å². The molecule has 106 valence electrons. The van der Waals surface area contributed by atoms with Crippen LogP contribution < -0.4 is 5.56 Å². The molecule has 0 bridgehead atoms. The van der Waals surface area contributed by atoms with Crippen molar-refractivity contribution in [2.45, 2.75) is 6.54 Å². The van der Waals surface area contributed by atoms with Crippen LogP contribution in [-0.2, 0) is 6.54 Å². The summed E-state index contributed by atoms with van der Waals surface area (Å²) in [5.41, 5.74) is 1.36. The number of halogens is 2. The van der Waals surface area contributed by atoms with Crippen LogP contribution in [0.1, 0.15) is 0 Å². The molecule has 3 aromatic rings. The molecular formula is C15H10ClFN2OS. The standard InChI is InChI=1S/C15H10ClFN2OS/c1-9(16)6-19-8-18-14-13(15(19)20)12(7-21-14)10-2-4-11(17)5-3-10/h2-5,7-8H,1,6H2. The summed E-state index contributed by atoms with van der Waals surface area (Å²) in [5.74, 6) is -0.313. The van der Waals surface area contributed by atoms with Crippen molar-refractivity contribution in [1.82, 2.24) is 9.55 Å². The van der Waals surface area contributed by atoms with Crippen molar-refractivity contribution in [3.63, 3.8) is 0 Å². The molecule has 0 saturated carbocycles. The molecule has 0 N–H and O–H groups in total. The van der Waals surface area contributed by atoms with E-state index in [4.69, 9.17) is 11.6 Å². The van der Waals surface area contributed by atoms with Gasteiger partial charge in [0.2, 0.25) is 0 Å². The van der Waals surface area contributed by atoms with Gasteiger partial charge in [0, 0.05) is 16.0 Å². The van der Waals surface area contributed by atoms with Crippen LogP contribution in [0, 0.1) is 5.82 Å². The summed E-state index contributed by atoms with van der Waals surface area (Å²) in [6, 6.07) is 6.03. The van der Waals surface area contributed by atoms with Gasteiger partial charge in [-0.25, -0.2) is 9.37 Å². The van der Waals surface area contributed by atoms with E-state index in [1.807, 2.05) is 5.38 Å². The summed E-state index contributed by atoms with van der Waals surface area (Å²) in [4.78, 5) is 17.5. The van der Waals surface area contributed by atoms with Crippen LogP contribution in [0.5, 0.6) is 0 Å². The van der Waals surface area contributed by atoms with Crippen molar-refractivity contribution in [3.05, 3.63) is 63.8 Å². The molecule has 0 atom stereocenters. The third kappa shape index (κ3) is 2.62. The highest BCUT2D eigenvalue weighted by molar-refractivity contribution is 7.17. The SMILES string of the molecule is C=C(Cl)Cn1cnc2scc(-c3ccc(F)cc3)c2c1=O. The highest BCUT2D eigenvalue weighted by atomic mass is 35.5. The smallest absolute Gasteiger partial charge is 0.263 e. The molecule has 0 fully saturated rings. The first-order valence-corrected chi connectivity index (χ1v) is 7.38. The number of rotatable bonds is 3. The fourth-order valence-corrected chi connectivity index (χ4v) is 3.14. The lowest BCUT2D eigenvalue weighted by molar-refractivity contribution is 0.628. The number of fused-ring (bicyclic) bond motifs is 1. The van der Waals surface area contributed by atoms with Crippen LogP contribution in [0.3, 0.4) is 0 Å². The number of nitrogens with zero attached hydrogens (tertiary/aromatic N) is 2. The number of hydrogen-bond acceptors (Lipinski definition) is 3. The van der Waals surface area contributed by atoms with Crippen LogP contribution >= 0.6 is 22.9 Å². The van der Waals surface area contributed by atoms with Gasteiger partial charge in [0.05, 0.1) is 18.3 Å². The van der Waals surface area contributed by atoms with Gasteiger partial charge in [0.1, 0.15) is 10.6 Å². The Morgan fingerprint density at radius 3 is 2.76 bits per heavy atom. The quantitative estimate of drug-likeness (QED) is 0.730. The second kappa shape index (κ2) is 5.42. The number of benzene rings is 1. The van der Waals surface area contributed by atoms with Gasteiger partial charge in [-0.05, 0) is 17.7 Å². The van der Waals surface area contributed by atoms with Gasteiger partial charge in [0.25, 0.3) is 5.56 Å². The second-order valence-corrected chi connectivity index (χ2v) is 5.92. The van der Waals surface area contributed by atoms with E-state index in [1.165, 1.54) is 34.4 Å². The Balaban J connectivity index is 2.22. The van der Waals surface area contributed by atoms with E-state index in [1.54, 1.807) is 12.1 Å². The third-order valence-electron chi connectivity index (χ3n) is 3.06. The van der Waals surface area contributed by atoms with Crippen LogP contribution in [0.15, 0.2) is 52.4 Å². The van der Waals surface area contributed by atoms with E-state index in [9.17, 15) is 9.18 Å². The summed E-state index contributed by atoms with van der Waals surface area (Å²) < 4.78 is 14.4. The summed E-state index contributed by atoms with van der Waals surface area (Å²) in [6.45, 7) is 3.80. The van der Waals surface area contributed by atoms with Gasteiger partial charge in [-0.2, -0.15) is 0 Å². The molecule has 6 heteroatoms. The molecule has 0 aliphatic heterocycles. The zero-order chi connectivity index (χ0) is 15.0.